The number of fused-ring (bicyclic) bond motifs is 1. The van der Waals surface area contributed by atoms with Crippen molar-refractivity contribution in [3.8, 4) is 0 Å². The minimum absolute atomic E-state index is 0.0229. The summed E-state index contributed by atoms with van der Waals surface area (Å²) in [4.78, 5) is 36.0. The van der Waals surface area contributed by atoms with Crippen molar-refractivity contribution in [3.05, 3.63) is 10.6 Å². The van der Waals surface area contributed by atoms with E-state index in [0.29, 0.717) is 23.6 Å². The van der Waals surface area contributed by atoms with E-state index >= 15 is 0 Å². The van der Waals surface area contributed by atoms with Gasteiger partial charge in [0.1, 0.15) is 5.70 Å². The zero-order valence-electron chi connectivity index (χ0n) is 11.8. The van der Waals surface area contributed by atoms with Crippen molar-refractivity contribution in [2.24, 2.45) is 5.92 Å². The molecule has 3 N–H and O–H groups in total. The third-order valence-electron chi connectivity index (χ3n) is 3.64. The van der Waals surface area contributed by atoms with Gasteiger partial charge in [-0.05, 0) is 6.92 Å². The first kappa shape index (κ1) is 15.8. The Morgan fingerprint density at radius 3 is 2.71 bits per heavy atom. The fourth-order valence-corrected chi connectivity index (χ4v) is 3.82. The molecular weight excluding hydrogens is 296 g/mol. The molecule has 0 saturated carbocycles. The molecule has 2 aliphatic rings. The number of carbonyl (C=O) groups is 3. The number of thioether (sulfide) groups is 1. The maximum atomic E-state index is 12.0. The quantitative estimate of drug-likeness (QED) is 0.461. The molecule has 0 aromatic heterocycles. The largest absolute Gasteiger partial charge is 0.477 e. The minimum Gasteiger partial charge on any atom is -0.477 e. The van der Waals surface area contributed by atoms with Gasteiger partial charge in [-0.3, -0.25) is 9.59 Å². The Hall–Kier alpha value is -1.54. The first-order valence-corrected chi connectivity index (χ1v) is 7.68. The Balaban J connectivity index is 2.04. The van der Waals surface area contributed by atoms with Crippen LogP contribution in [0.2, 0.25) is 0 Å². The Kier molecular flexibility index (Phi) is 4.58. The van der Waals surface area contributed by atoms with Crippen LogP contribution < -0.4 is 5.32 Å². The van der Waals surface area contributed by atoms with Crippen LogP contribution in [0.5, 0.6) is 0 Å². The van der Waals surface area contributed by atoms with Crippen molar-refractivity contribution >= 4 is 29.5 Å². The van der Waals surface area contributed by atoms with Gasteiger partial charge in [0.2, 0.25) is 11.8 Å². The molecule has 1 fully saturated rings. The van der Waals surface area contributed by atoms with E-state index < -0.39 is 18.0 Å². The van der Waals surface area contributed by atoms with Gasteiger partial charge in [0.25, 0.3) is 0 Å². The lowest BCUT2D eigenvalue weighted by Gasteiger charge is -2.44. The summed E-state index contributed by atoms with van der Waals surface area (Å²) in [7, 11) is 0. The highest BCUT2D eigenvalue weighted by Crippen LogP contribution is 2.46. The molecule has 0 unspecified atom stereocenters. The van der Waals surface area contributed by atoms with E-state index in [0.717, 1.165) is 0 Å². The number of hydrogen-bond acceptors (Lipinski definition) is 5. The lowest BCUT2D eigenvalue weighted by Crippen LogP contribution is -2.61. The fourth-order valence-electron chi connectivity index (χ4n) is 2.76. The van der Waals surface area contributed by atoms with Crippen LogP contribution in [0.25, 0.3) is 0 Å². The Bertz CT molecular complexity index is 517. The number of nitrogens with zero attached hydrogens (tertiary/aromatic N) is 1. The van der Waals surface area contributed by atoms with Crippen molar-refractivity contribution < 1.29 is 24.6 Å². The first-order chi connectivity index (χ1) is 9.84. The van der Waals surface area contributed by atoms with Crippen molar-refractivity contribution in [3.63, 3.8) is 0 Å². The smallest absolute Gasteiger partial charge is 0.353 e. The maximum absolute atomic E-state index is 12.0. The molecule has 0 aromatic carbocycles. The average Bonchev–Trinajstić information content (AvgIpc) is 2.68. The summed E-state index contributed by atoms with van der Waals surface area (Å²) < 4.78 is 0. The molecule has 2 heterocycles. The number of carboxylic acid groups (broad SMARTS) is 1. The highest BCUT2D eigenvalue weighted by Gasteiger charge is 2.56. The molecule has 2 amide bonds. The summed E-state index contributed by atoms with van der Waals surface area (Å²) in [6.07, 6.45) is -0.328. The average molecular weight is 314 g/mol. The molecule has 1 saturated heterocycles. The number of aliphatic hydroxyl groups is 1. The normalized spacial score (nSPS) is 25.5. The van der Waals surface area contributed by atoms with E-state index in [2.05, 4.69) is 5.32 Å². The van der Waals surface area contributed by atoms with Crippen LogP contribution in [0, 0.1) is 5.92 Å². The standard InChI is InChI=1S/C13H18N2O5S/c1-6(16)10-8-5-9(21-4-3-14-7(2)17)11(13(19)20)15(8)12(10)18/h6,8,10,16H,3-5H2,1-2H3,(H,14,17)(H,19,20)/t6-,8-,10+/m1/s1. The lowest BCUT2D eigenvalue weighted by atomic mass is 9.83. The molecule has 2 aliphatic heterocycles. The van der Waals surface area contributed by atoms with Gasteiger partial charge in [-0.25, -0.2) is 4.79 Å². The molecule has 0 spiro atoms. The maximum Gasteiger partial charge on any atom is 0.353 e. The van der Waals surface area contributed by atoms with Gasteiger partial charge >= 0.3 is 5.97 Å². The second kappa shape index (κ2) is 6.07. The molecule has 0 aliphatic carbocycles. The highest BCUT2D eigenvalue weighted by molar-refractivity contribution is 8.03. The van der Waals surface area contributed by atoms with E-state index in [9.17, 15) is 24.6 Å². The summed E-state index contributed by atoms with van der Waals surface area (Å²) in [6, 6.07) is -0.258. The number of aliphatic carboxylic acids is 1. The predicted octanol–water partition coefficient (Wildman–Crippen LogP) is -0.237. The van der Waals surface area contributed by atoms with Gasteiger partial charge in [-0.15, -0.1) is 11.8 Å². The summed E-state index contributed by atoms with van der Waals surface area (Å²) in [5.41, 5.74) is 0.0229. The van der Waals surface area contributed by atoms with Crippen molar-refractivity contribution in [1.82, 2.24) is 10.2 Å². The van der Waals surface area contributed by atoms with Crippen LogP contribution in [-0.4, -0.2) is 57.3 Å². The zero-order chi connectivity index (χ0) is 15.7. The summed E-state index contributed by atoms with van der Waals surface area (Å²) in [5.74, 6) is -1.57. The predicted molar refractivity (Wildman–Crippen MR) is 76.2 cm³/mol. The molecule has 3 atom stereocenters. The zero-order valence-corrected chi connectivity index (χ0v) is 12.6. The SMILES string of the molecule is CC(=O)NCCSC1=C(C(=O)O)N2C(=O)[C@@H]([C@@H](C)O)[C@H]2C1. The van der Waals surface area contributed by atoms with Crippen LogP contribution in [0.1, 0.15) is 20.3 Å². The minimum atomic E-state index is -1.13. The number of carboxylic acids is 1. The van der Waals surface area contributed by atoms with Gasteiger partial charge < -0.3 is 20.4 Å². The van der Waals surface area contributed by atoms with E-state index in [4.69, 9.17) is 0 Å². The Labute approximate surface area is 126 Å². The topological polar surface area (TPSA) is 107 Å². The number of rotatable bonds is 6. The molecule has 116 valence electrons. The van der Waals surface area contributed by atoms with E-state index in [1.54, 1.807) is 6.92 Å². The monoisotopic (exact) mass is 314 g/mol. The molecular formula is C13H18N2O5S. The number of carbonyl (C=O) groups excluding carboxylic acids is 2. The lowest BCUT2D eigenvalue weighted by molar-refractivity contribution is -0.161. The van der Waals surface area contributed by atoms with Crippen molar-refractivity contribution in [1.29, 1.82) is 0 Å². The highest BCUT2D eigenvalue weighted by atomic mass is 32.2. The molecule has 0 radical (unpaired) electrons. The summed E-state index contributed by atoms with van der Waals surface area (Å²) in [5, 5.41) is 21.5. The second-order valence-electron chi connectivity index (χ2n) is 5.15. The van der Waals surface area contributed by atoms with E-state index in [-0.39, 0.29) is 23.6 Å². The molecule has 7 nitrogen and oxygen atoms in total. The fraction of sp³-hybridized carbons (Fsp3) is 0.615. The van der Waals surface area contributed by atoms with Gasteiger partial charge in [-0.1, -0.05) is 0 Å². The number of aliphatic hydroxyl groups excluding tert-OH is 1. The van der Waals surface area contributed by atoms with Crippen molar-refractivity contribution in [2.75, 3.05) is 12.3 Å². The third-order valence-corrected chi connectivity index (χ3v) is 4.76. The molecule has 8 heteroatoms. The molecule has 0 bridgehead atoms. The number of β-lactam (4-membered cyclic amide) rings is 1. The molecule has 0 aromatic rings. The number of hydrogen-bond donors (Lipinski definition) is 3. The Morgan fingerprint density at radius 1 is 1.52 bits per heavy atom. The van der Waals surface area contributed by atoms with Crippen LogP contribution >= 0.6 is 11.8 Å². The van der Waals surface area contributed by atoms with Crippen molar-refractivity contribution in [2.45, 2.75) is 32.4 Å². The third kappa shape index (κ3) is 2.91. The summed E-state index contributed by atoms with van der Waals surface area (Å²) in [6.45, 7) is 3.40. The first-order valence-electron chi connectivity index (χ1n) is 6.69. The summed E-state index contributed by atoms with van der Waals surface area (Å²) >= 11 is 1.33. The Morgan fingerprint density at radius 2 is 2.19 bits per heavy atom. The van der Waals surface area contributed by atoms with Crippen LogP contribution in [-0.2, 0) is 14.4 Å². The van der Waals surface area contributed by atoms with Crippen LogP contribution in [0.4, 0.5) is 0 Å². The van der Waals surface area contributed by atoms with Crippen LogP contribution in [0.15, 0.2) is 10.6 Å². The molecule has 21 heavy (non-hydrogen) atoms. The number of amides is 2. The molecule has 2 rings (SSSR count). The van der Waals surface area contributed by atoms with E-state index in [1.165, 1.54) is 23.6 Å². The second-order valence-corrected chi connectivity index (χ2v) is 6.34. The van der Waals surface area contributed by atoms with Gasteiger partial charge in [0.05, 0.1) is 18.1 Å². The van der Waals surface area contributed by atoms with Gasteiger partial charge in [0, 0.05) is 30.5 Å². The van der Waals surface area contributed by atoms with Crippen LogP contribution in [0.3, 0.4) is 0 Å². The number of nitrogens with one attached hydrogen (secondary N) is 1. The van der Waals surface area contributed by atoms with Gasteiger partial charge in [-0.2, -0.15) is 0 Å². The van der Waals surface area contributed by atoms with E-state index in [1.807, 2.05) is 0 Å². The van der Waals surface area contributed by atoms with Gasteiger partial charge in [0.15, 0.2) is 0 Å².